The van der Waals surface area contributed by atoms with Crippen LogP contribution in [0.25, 0.3) is 11.0 Å². The van der Waals surface area contributed by atoms with Crippen molar-refractivity contribution in [2.45, 2.75) is 20.3 Å². The number of furan rings is 1. The molecule has 20 heavy (non-hydrogen) atoms. The van der Waals surface area contributed by atoms with Crippen LogP contribution in [0.5, 0.6) is 0 Å². The molecule has 104 valence electrons. The summed E-state index contributed by atoms with van der Waals surface area (Å²) in [6, 6.07) is 5.44. The number of hydrogen-bond donors (Lipinski definition) is 2. The molecular formula is C15H15NO4. The Morgan fingerprint density at radius 2 is 2.05 bits per heavy atom. The molecule has 1 aromatic heterocycles. The molecule has 0 bridgehead atoms. The highest BCUT2D eigenvalue weighted by molar-refractivity contribution is 5.99. The Balaban J connectivity index is 1.80. The lowest BCUT2D eigenvalue weighted by molar-refractivity contribution is -0.139. The second-order valence-electron chi connectivity index (χ2n) is 5.27. The largest absolute Gasteiger partial charge is 0.481 e. The zero-order chi connectivity index (χ0) is 14.4. The summed E-state index contributed by atoms with van der Waals surface area (Å²) in [4.78, 5) is 22.7. The number of amides is 1. The molecule has 0 aliphatic heterocycles. The lowest BCUT2D eigenvalue weighted by Gasteiger charge is -2.04. The van der Waals surface area contributed by atoms with Crippen molar-refractivity contribution in [1.29, 1.82) is 0 Å². The number of carbonyl (C=O) groups excluding carboxylic acids is 1. The van der Waals surface area contributed by atoms with Crippen LogP contribution in [0.1, 0.15) is 17.7 Å². The summed E-state index contributed by atoms with van der Waals surface area (Å²) in [6.45, 7) is 3.86. The molecule has 2 N–H and O–H groups in total. The minimum Gasteiger partial charge on any atom is -0.481 e. The van der Waals surface area contributed by atoms with E-state index in [-0.39, 0.29) is 5.91 Å². The second kappa shape index (κ2) is 4.37. The number of carbonyl (C=O) groups is 2. The number of carboxylic acid groups (broad SMARTS) is 1. The van der Waals surface area contributed by atoms with Gasteiger partial charge in [0, 0.05) is 11.1 Å². The van der Waals surface area contributed by atoms with Crippen LogP contribution >= 0.6 is 0 Å². The van der Waals surface area contributed by atoms with Gasteiger partial charge < -0.3 is 14.8 Å². The van der Waals surface area contributed by atoms with Crippen molar-refractivity contribution in [2.75, 3.05) is 5.32 Å². The van der Waals surface area contributed by atoms with E-state index in [2.05, 4.69) is 5.32 Å². The van der Waals surface area contributed by atoms with Gasteiger partial charge in [-0.1, -0.05) is 0 Å². The number of anilines is 1. The number of rotatable bonds is 3. The van der Waals surface area contributed by atoms with Crippen LogP contribution in [0.4, 0.5) is 5.69 Å². The molecule has 1 heterocycles. The zero-order valence-corrected chi connectivity index (χ0v) is 11.3. The van der Waals surface area contributed by atoms with Crippen LogP contribution in [0.3, 0.4) is 0 Å². The Kier molecular flexibility index (Phi) is 2.78. The zero-order valence-electron chi connectivity index (χ0n) is 11.3. The number of carboxylic acids is 1. The SMILES string of the molecule is Cc1oc2ccc(NC(=O)C3CC3C(=O)O)cc2c1C. The van der Waals surface area contributed by atoms with Gasteiger partial charge in [0.15, 0.2) is 0 Å². The Bertz CT molecular complexity index is 716. The molecule has 1 saturated carbocycles. The molecule has 2 aromatic rings. The van der Waals surface area contributed by atoms with E-state index in [4.69, 9.17) is 9.52 Å². The third-order valence-electron chi connectivity index (χ3n) is 3.89. The van der Waals surface area contributed by atoms with Crippen LogP contribution in [-0.2, 0) is 9.59 Å². The quantitative estimate of drug-likeness (QED) is 0.901. The normalized spacial score (nSPS) is 20.9. The molecule has 5 nitrogen and oxygen atoms in total. The van der Waals surface area contributed by atoms with Crippen LogP contribution in [0.15, 0.2) is 22.6 Å². The fourth-order valence-corrected chi connectivity index (χ4v) is 2.41. The van der Waals surface area contributed by atoms with Gasteiger partial charge in [0.1, 0.15) is 11.3 Å². The molecule has 1 amide bonds. The number of aliphatic carboxylic acids is 1. The monoisotopic (exact) mass is 273 g/mol. The highest BCUT2D eigenvalue weighted by atomic mass is 16.4. The Hall–Kier alpha value is -2.30. The molecular weight excluding hydrogens is 258 g/mol. The molecule has 5 heteroatoms. The average molecular weight is 273 g/mol. The number of benzene rings is 1. The van der Waals surface area contributed by atoms with Gasteiger partial charge in [-0.05, 0) is 44.0 Å². The topological polar surface area (TPSA) is 79.5 Å². The highest BCUT2D eigenvalue weighted by Gasteiger charge is 2.48. The minimum absolute atomic E-state index is 0.227. The van der Waals surface area contributed by atoms with Crippen molar-refractivity contribution in [2.24, 2.45) is 11.8 Å². The Morgan fingerprint density at radius 3 is 2.70 bits per heavy atom. The summed E-state index contributed by atoms with van der Waals surface area (Å²) in [7, 11) is 0. The summed E-state index contributed by atoms with van der Waals surface area (Å²) in [5.41, 5.74) is 2.50. The van der Waals surface area contributed by atoms with Gasteiger partial charge in [-0.15, -0.1) is 0 Å². The van der Waals surface area contributed by atoms with Crippen molar-refractivity contribution in [1.82, 2.24) is 0 Å². The number of hydrogen-bond acceptors (Lipinski definition) is 3. The molecule has 3 rings (SSSR count). The van der Waals surface area contributed by atoms with Gasteiger partial charge in [-0.3, -0.25) is 9.59 Å². The van der Waals surface area contributed by atoms with Crippen molar-refractivity contribution in [3.8, 4) is 0 Å². The van der Waals surface area contributed by atoms with Gasteiger partial charge >= 0.3 is 5.97 Å². The first-order valence-corrected chi connectivity index (χ1v) is 6.51. The van der Waals surface area contributed by atoms with E-state index in [1.165, 1.54) is 0 Å². The molecule has 0 spiro atoms. The van der Waals surface area contributed by atoms with E-state index < -0.39 is 17.8 Å². The van der Waals surface area contributed by atoms with Gasteiger partial charge in [-0.25, -0.2) is 0 Å². The lowest BCUT2D eigenvalue weighted by atomic mass is 10.1. The van der Waals surface area contributed by atoms with E-state index in [0.29, 0.717) is 12.1 Å². The lowest BCUT2D eigenvalue weighted by Crippen LogP contribution is -2.16. The summed E-state index contributed by atoms with van der Waals surface area (Å²) >= 11 is 0. The first kappa shape index (κ1) is 12.7. The standard InChI is InChI=1S/C15H15NO4/c1-7-8(2)20-13-4-3-9(5-10(7)13)16-14(17)11-6-12(11)15(18)19/h3-5,11-12H,6H2,1-2H3,(H,16,17)(H,18,19). The Labute approximate surface area is 115 Å². The molecule has 0 saturated heterocycles. The van der Waals surface area contributed by atoms with Crippen molar-refractivity contribution in [3.63, 3.8) is 0 Å². The molecule has 1 aliphatic rings. The maximum Gasteiger partial charge on any atom is 0.307 e. The molecule has 1 fully saturated rings. The van der Waals surface area contributed by atoms with E-state index >= 15 is 0 Å². The molecule has 0 radical (unpaired) electrons. The molecule has 1 aliphatic carbocycles. The predicted molar refractivity (Wildman–Crippen MR) is 73.6 cm³/mol. The van der Waals surface area contributed by atoms with Crippen molar-refractivity contribution >= 4 is 28.5 Å². The average Bonchev–Trinajstić information content (AvgIpc) is 3.15. The molecule has 2 atom stereocenters. The summed E-state index contributed by atoms with van der Waals surface area (Å²) in [5.74, 6) is -1.21. The maximum atomic E-state index is 11.9. The van der Waals surface area contributed by atoms with E-state index in [1.807, 2.05) is 26.0 Å². The van der Waals surface area contributed by atoms with Crippen molar-refractivity contribution < 1.29 is 19.1 Å². The number of fused-ring (bicyclic) bond motifs is 1. The third kappa shape index (κ3) is 2.05. The predicted octanol–water partition coefficient (Wildman–Crippen LogP) is 2.71. The molecule has 2 unspecified atom stereocenters. The second-order valence-corrected chi connectivity index (χ2v) is 5.27. The first-order valence-electron chi connectivity index (χ1n) is 6.51. The first-order chi connectivity index (χ1) is 9.47. The third-order valence-corrected chi connectivity index (χ3v) is 3.89. The van der Waals surface area contributed by atoms with Gasteiger partial charge in [0.25, 0.3) is 0 Å². The smallest absolute Gasteiger partial charge is 0.307 e. The van der Waals surface area contributed by atoms with E-state index in [1.54, 1.807) is 6.07 Å². The summed E-state index contributed by atoms with van der Waals surface area (Å²) < 4.78 is 5.58. The van der Waals surface area contributed by atoms with E-state index in [9.17, 15) is 9.59 Å². The van der Waals surface area contributed by atoms with Crippen LogP contribution in [-0.4, -0.2) is 17.0 Å². The van der Waals surface area contributed by atoms with Crippen LogP contribution in [0.2, 0.25) is 0 Å². The maximum absolute atomic E-state index is 11.9. The van der Waals surface area contributed by atoms with Gasteiger partial charge in [-0.2, -0.15) is 0 Å². The van der Waals surface area contributed by atoms with E-state index in [0.717, 1.165) is 22.3 Å². The number of nitrogens with one attached hydrogen (secondary N) is 1. The number of aryl methyl sites for hydroxylation is 2. The molecule has 1 aromatic carbocycles. The highest BCUT2D eigenvalue weighted by Crippen LogP contribution is 2.39. The summed E-state index contributed by atoms with van der Waals surface area (Å²) in [5, 5.41) is 12.6. The van der Waals surface area contributed by atoms with Crippen LogP contribution in [0, 0.1) is 25.7 Å². The van der Waals surface area contributed by atoms with Gasteiger partial charge in [0.2, 0.25) is 5.91 Å². The van der Waals surface area contributed by atoms with Gasteiger partial charge in [0.05, 0.1) is 11.8 Å². The fraction of sp³-hybridized carbons (Fsp3) is 0.333. The van der Waals surface area contributed by atoms with Crippen molar-refractivity contribution in [3.05, 3.63) is 29.5 Å². The Morgan fingerprint density at radius 1 is 1.30 bits per heavy atom. The minimum atomic E-state index is -0.901. The van der Waals surface area contributed by atoms with Crippen LogP contribution < -0.4 is 5.32 Å². The fourth-order valence-electron chi connectivity index (χ4n) is 2.41. The summed E-state index contributed by atoms with van der Waals surface area (Å²) in [6.07, 6.45) is 0.424.